The number of rotatable bonds is 3. The lowest BCUT2D eigenvalue weighted by molar-refractivity contribution is 0.584. The Balaban J connectivity index is 2.16. The van der Waals surface area contributed by atoms with Gasteiger partial charge in [0, 0.05) is 36.6 Å². The molecule has 0 saturated carbocycles. The van der Waals surface area contributed by atoms with Crippen molar-refractivity contribution in [3.8, 4) is 0 Å². The maximum absolute atomic E-state index is 13.0. The van der Waals surface area contributed by atoms with E-state index in [2.05, 4.69) is 10.4 Å². The van der Waals surface area contributed by atoms with Gasteiger partial charge in [-0.1, -0.05) is 0 Å². The SMILES string of the molecule is Cc1nn(C)c(C)c1CNc1cc(F)cc(F)c1. The van der Waals surface area contributed by atoms with Gasteiger partial charge in [0.05, 0.1) is 5.69 Å². The molecule has 2 rings (SSSR count). The minimum atomic E-state index is -0.586. The third-order valence-corrected chi connectivity index (χ3v) is 2.99. The number of hydrogen-bond donors (Lipinski definition) is 1. The third kappa shape index (κ3) is 2.50. The van der Waals surface area contributed by atoms with Gasteiger partial charge in [-0.15, -0.1) is 0 Å². The average Bonchev–Trinajstić information content (AvgIpc) is 2.50. The monoisotopic (exact) mass is 251 g/mol. The van der Waals surface area contributed by atoms with Crippen LogP contribution in [0.4, 0.5) is 14.5 Å². The molecule has 0 spiro atoms. The smallest absolute Gasteiger partial charge is 0.128 e. The summed E-state index contributed by atoms with van der Waals surface area (Å²) >= 11 is 0. The highest BCUT2D eigenvalue weighted by Crippen LogP contribution is 2.17. The van der Waals surface area contributed by atoms with Crippen LogP contribution in [-0.2, 0) is 13.6 Å². The van der Waals surface area contributed by atoms with Gasteiger partial charge in [-0.3, -0.25) is 4.68 Å². The molecule has 1 N–H and O–H groups in total. The Morgan fingerprint density at radius 1 is 1.17 bits per heavy atom. The van der Waals surface area contributed by atoms with Crippen molar-refractivity contribution < 1.29 is 8.78 Å². The molecule has 96 valence electrons. The molecule has 0 fully saturated rings. The summed E-state index contributed by atoms with van der Waals surface area (Å²) in [6.45, 7) is 4.37. The van der Waals surface area contributed by atoms with E-state index >= 15 is 0 Å². The predicted molar refractivity (Wildman–Crippen MR) is 66.4 cm³/mol. The lowest BCUT2D eigenvalue weighted by Crippen LogP contribution is -2.03. The number of nitrogens with one attached hydrogen (secondary N) is 1. The first kappa shape index (κ1) is 12.5. The van der Waals surface area contributed by atoms with Gasteiger partial charge in [-0.2, -0.15) is 5.10 Å². The number of hydrogen-bond acceptors (Lipinski definition) is 2. The van der Waals surface area contributed by atoms with E-state index in [4.69, 9.17) is 0 Å². The molecule has 1 aromatic carbocycles. The highest BCUT2D eigenvalue weighted by molar-refractivity contribution is 5.45. The minimum Gasteiger partial charge on any atom is -0.381 e. The van der Waals surface area contributed by atoms with Gasteiger partial charge in [0.15, 0.2) is 0 Å². The third-order valence-electron chi connectivity index (χ3n) is 2.99. The molecule has 0 saturated heterocycles. The topological polar surface area (TPSA) is 29.9 Å². The molecule has 18 heavy (non-hydrogen) atoms. The van der Waals surface area contributed by atoms with E-state index in [1.807, 2.05) is 20.9 Å². The zero-order chi connectivity index (χ0) is 13.3. The van der Waals surface area contributed by atoms with Crippen LogP contribution >= 0.6 is 0 Å². The summed E-state index contributed by atoms with van der Waals surface area (Å²) in [5.74, 6) is -1.17. The van der Waals surface area contributed by atoms with Crippen molar-refractivity contribution in [2.75, 3.05) is 5.32 Å². The van der Waals surface area contributed by atoms with Crippen molar-refractivity contribution in [2.24, 2.45) is 7.05 Å². The van der Waals surface area contributed by atoms with E-state index in [1.165, 1.54) is 12.1 Å². The van der Waals surface area contributed by atoms with Crippen LogP contribution in [0, 0.1) is 25.5 Å². The number of nitrogens with zero attached hydrogens (tertiary/aromatic N) is 2. The molecule has 2 aromatic rings. The van der Waals surface area contributed by atoms with Crippen LogP contribution in [-0.4, -0.2) is 9.78 Å². The zero-order valence-electron chi connectivity index (χ0n) is 10.6. The summed E-state index contributed by atoms with van der Waals surface area (Å²) in [4.78, 5) is 0. The molecule has 1 aromatic heterocycles. The van der Waals surface area contributed by atoms with Gasteiger partial charge in [-0.05, 0) is 26.0 Å². The van der Waals surface area contributed by atoms with Crippen molar-refractivity contribution in [1.82, 2.24) is 9.78 Å². The van der Waals surface area contributed by atoms with Gasteiger partial charge < -0.3 is 5.32 Å². The number of anilines is 1. The molecule has 0 bridgehead atoms. The number of benzene rings is 1. The molecule has 1 heterocycles. The number of aromatic nitrogens is 2. The maximum Gasteiger partial charge on any atom is 0.128 e. The van der Waals surface area contributed by atoms with Gasteiger partial charge >= 0.3 is 0 Å². The highest BCUT2D eigenvalue weighted by Gasteiger charge is 2.09. The van der Waals surface area contributed by atoms with Crippen molar-refractivity contribution >= 4 is 5.69 Å². The minimum absolute atomic E-state index is 0.426. The quantitative estimate of drug-likeness (QED) is 0.909. The van der Waals surface area contributed by atoms with Crippen molar-refractivity contribution in [2.45, 2.75) is 20.4 Å². The van der Waals surface area contributed by atoms with Crippen molar-refractivity contribution in [3.05, 3.63) is 46.8 Å². The van der Waals surface area contributed by atoms with E-state index in [0.717, 1.165) is 23.0 Å². The van der Waals surface area contributed by atoms with Gasteiger partial charge in [0.2, 0.25) is 0 Å². The largest absolute Gasteiger partial charge is 0.381 e. The first-order chi connectivity index (χ1) is 8.47. The molecular weight excluding hydrogens is 236 g/mol. The number of aryl methyl sites for hydroxylation is 2. The Labute approximate surface area is 104 Å². The molecule has 0 aliphatic heterocycles. The Morgan fingerprint density at radius 2 is 1.78 bits per heavy atom. The van der Waals surface area contributed by atoms with Crippen LogP contribution < -0.4 is 5.32 Å². The summed E-state index contributed by atoms with van der Waals surface area (Å²) in [7, 11) is 1.87. The van der Waals surface area contributed by atoms with Crippen molar-refractivity contribution in [3.63, 3.8) is 0 Å². The van der Waals surface area contributed by atoms with Crippen LogP contribution in [0.3, 0.4) is 0 Å². The fraction of sp³-hybridized carbons (Fsp3) is 0.308. The fourth-order valence-corrected chi connectivity index (χ4v) is 1.92. The second-order valence-electron chi connectivity index (χ2n) is 4.28. The lowest BCUT2D eigenvalue weighted by atomic mass is 10.2. The molecule has 0 aliphatic rings. The Bertz CT molecular complexity index is 556. The molecule has 0 atom stereocenters. The molecule has 5 heteroatoms. The lowest BCUT2D eigenvalue weighted by Gasteiger charge is -2.07. The molecule has 3 nitrogen and oxygen atoms in total. The summed E-state index contributed by atoms with van der Waals surface area (Å²) in [5.41, 5.74) is 3.42. The summed E-state index contributed by atoms with van der Waals surface area (Å²) in [5, 5.41) is 7.29. The van der Waals surface area contributed by atoms with Crippen LogP contribution in [0.15, 0.2) is 18.2 Å². The molecule has 0 amide bonds. The molecule has 0 radical (unpaired) electrons. The van der Waals surface area contributed by atoms with E-state index < -0.39 is 11.6 Å². The van der Waals surface area contributed by atoms with Gasteiger partial charge in [0.1, 0.15) is 11.6 Å². The van der Waals surface area contributed by atoms with Gasteiger partial charge in [-0.25, -0.2) is 8.78 Å². The van der Waals surface area contributed by atoms with E-state index in [1.54, 1.807) is 4.68 Å². The molecule has 0 unspecified atom stereocenters. The van der Waals surface area contributed by atoms with E-state index in [-0.39, 0.29) is 0 Å². The standard InChI is InChI=1S/C13H15F2N3/c1-8-13(9(2)18(3)17-8)7-16-12-5-10(14)4-11(15)6-12/h4-6,16H,7H2,1-3H3. The second-order valence-corrected chi connectivity index (χ2v) is 4.28. The predicted octanol–water partition coefficient (Wildman–Crippen LogP) is 2.93. The normalized spacial score (nSPS) is 10.7. The van der Waals surface area contributed by atoms with Crippen LogP contribution in [0.25, 0.3) is 0 Å². The Hall–Kier alpha value is -1.91. The summed E-state index contributed by atoms with van der Waals surface area (Å²) in [6, 6.07) is 3.39. The Kier molecular flexibility index (Phi) is 3.32. The van der Waals surface area contributed by atoms with Crippen LogP contribution in [0.5, 0.6) is 0 Å². The van der Waals surface area contributed by atoms with Crippen LogP contribution in [0.2, 0.25) is 0 Å². The molecule has 0 aliphatic carbocycles. The van der Waals surface area contributed by atoms with E-state index in [0.29, 0.717) is 12.2 Å². The highest BCUT2D eigenvalue weighted by atomic mass is 19.1. The summed E-state index contributed by atoms with van der Waals surface area (Å²) in [6.07, 6.45) is 0. The Morgan fingerprint density at radius 3 is 2.28 bits per heavy atom. The second kappa shape index (κ2) is 4.76. The zero-order valence-corrected chi connectivity index (χ0v) is 10.6. The molecular formula is C13H15F2N3. The number of halogens is 2. The van der Waals surface area contributed by atoms with Crippen molar-refractivity contribution in [1.29, 1.82) is 0 Å². The first-order valence-corrected chi connectivity index (χ1v) is 5.66. The first-order valence-electron chi connectivity index (χ1n) is 5.66. The van der Waals surface area contributed by atoms with Gasteiger partial charge in [0.25, 0.3) is 0 Å². The average molecular weight is 251 g/mol. The summed E-state index contributed by atoms with van der Waals surface area (Å²) < 4.78 is 27.8. The fourth-order valence-electron chi connectivity index (χ4n) is 1.92. The van der Waals surface area contributed by atoms with Crippen LogP contribution in [0.1, 0.15) is 17.0 Å². The van der Waals surface area contributed by atoms with E-state index in [9.17, 15) is 8.78 Å². The maximum atomic E-state index is 13.0.